The van der Waals surface area contributed by atoms with Gasteiger partial charge in [-0.25, -0.2) is 0 Å². The highest BCUT2D eigenvalue weighted by Crippen LogP contribution is 2.13. The molecule has 0 amide bonds. The quantitative estimate of drug-likeness (QED) is 0.106. The fourth-order valence-corrected chi connectivity index (χ4v) is 4.76. The van der Waals surface area contributed by atoms with Crippen LogP contribution in [0.1, 0.15) is 124 Å². The number of hydrogen-bond acceptors (Lipinski definition) is 3. The Morgan fingerprint density at radius 1 is 0.531 bits per heavy atom. The molecule has 0 aliphatic heterocycles. The maximum absolute atomic E-state index is 10.3. The summed E-state index contributed by atoms with van der Waals surface area (Å²) in [5.41, 5.74) is 0. The fourth-order valence-electron chi connectivity index (χ4n) is 4.76. The predicted octanol–water partition coefficient (Wildman–Crippen LogP) is 6.27. The van der Waals surface area contributed by atoms with Gasteiger partial charge in [0.25, 0.3) is 0 Å². The highest BCUT2D eigenvalue weighted by atomic mass is 16.3. The van der Waals surface area contributed by atoms with E-state index in [0.717, 1.165) is 50.3 Å². The van der Waals surface area contributed by atoms with Crippen molar-refractivity contribution < 1.29 is 9.59 Å². The number of aliphatic hydroxyl groups excluding tert-OH is 1. The number of unbranched alkanes of at least 4 members (excludes halogenated alkanes) is 14. The monoisotopic (exact) mass is 456 g/mol. The molecule has 4 nitrogen and oxygen atoms in total. The van der Waals surface area contributed by atoms with Gasteiger partial charge < -0.3 is 20.2 Å². The van der Waals surface area contributed by atoms with Crippen molar-refractivity contribution >= 4 is 0 Å². The Morgan fingerprint density at radius 3 is 1.38 bits per heavy atom. The Labute approximate surface area is 202 Å². The average Bonchev–Trinajstić information content (AvgIpc) is 2.81. The molecule has 194 valence electrons. The van der Waals surface area contributed by atoms with Crippen molar-refractivity contribution in [3.05, 3.63) is 0 Å². The van der Waals surface area contributed by atoms with Crippen LogP contribution >= 0.6 is 0 Å². The normalized spacial score (nSPS) is 13.0. The molecule has 0 heterocycles. The Kier molecular flexibility index (Phi) is 23.9. The Hall–Kier alpha value is -0.160. The van der Waals surface area contributed by atoms with E-state index in [4.69, 9.17) is 0 Å². The van der Waals surface area contributed by atoms with Crippen molar-refractivity contribution in [1.29, 1.82) is 0 Å². The second-order valence-corrected chi connectivity index (χ2v) is 10.0. The summed E-state index contributed by atoms with van der Waals surface area (Å²) in [6, 6.07) is 0. The number of aliphatic hydroxyl groups is 1. The zero-order valence-electron chi connectivity index (χ0n) is 22.7. The van der Waals surface area contributed by atoms with Crippen LogP contribution in [0.4, 0.5) is 0 Å². The molecule has 0 rings (SSSR count). The van der Waals surface area contributed by atoms with E-state index < -0.39 is 0 Å². The van der Waals surface area contributed by atoms with E-state index in [2.05, 4.69) is 38.3 Å². The molecule has 0 aromatic heterocycles. The molecule has 0 aromatic carbocycles. The molecule has 0 fully saturated rings. The van der Waals surface area contributed by atoms with Crippen molar-refractivity contribution in [2.45, 2.75) is 130 Å². The molecule has 0 spiro atoms. The molecule has 1 unspecified atom stereocenters. The van der Waals surface area contributed by atoms with Crippen LogP contribution in [0.3, 0.4) is 0 Å². The van der Waals surface area contributed by atoms with E-state index >= 15 is 0 Å². The Bertz CT molecular complexity index is 352. The summed E-state index contributed by atoms with van der Waals surface area (Å²) in [5.74, 6) is 0. The van der Waals surface area contributed by atoms with Gasteiger partial charge >= 0.3 is 0 Å². The lowest BCUT2D eigenvalue weighted by atomic mass is 10.0. The van der Waals surface area contributed by atoms with Crippen LogP contribution in [0, 0.1) is 0 Å². The van der Waals surface area contributed by atoms with Gasteiger partial charge in [-0.15, -0.1) is 0 Å². The van der Waals surface area contributed by atoms with E-state index in [9.17, 15) is 5.11 Å². The summed E-state index contributed by atoms with van der Waals surface area (Å²) in [6.07, 6.45) is 21.1. The number of likely N-dealkylation sites (N-methyl/N-ethyl adjacent to an activating group) is 1. The van der Waals surface area contributed by atoms with Gasteiger partial charge in [0.1, 0.15) is 12.6 Å². The predicted molar refractivity (Wildman–Crippen MR) is 143 cm³/mol. The van der Waals surface area contributed by atoms with Crippen molar-refractivity contribution in [2.24, 2.45) is 0 Å². The second kappa shape index (κ2) is 24.0. The minimum atomic E-state index is -0.245. The van der Waals surface area contributed by atoms with Crippen molar-refractivity contribution in [1.82, 2.24) is 10.6 Å². The van der Waals surface area contributed by atoms with Gasteiger partial charge in [-0.05, 0) is 33.7 Å². The van der Waals surface area contributed by atoms with Gasteiger partial charge in [0.15, 0.2) is 0 Å². The third-order valence-corrected chi connectivity index (χ3v) is 7.43. The third-order valence-electron chi connectivity index (χ3n) is 7.43. The first-order chi connectivity index (χ1) is 15.6. The lowest BCUT2D eigenvalue weighted by molar-refractivity contribution is -0.925. The number of quaternary nitrogens is 1. The number of nitrogens with zero attached hydrogens (tertiary/aromatic N) is 1. The van der Waals surface area contributed by atoms with Crippen molar-refractivity contribution in [3.8, 4) is 0 Å². The molecular weight excluding hydrogens is 394 g/mol. The van der Waals surface area contributed by atoms with E-state index in [-0.39, 0.29) is 6.10 Å². The topological polar surface area (TPSA) is 44.3 Å². The second-order valence-electron chi connectivity index (χ2n) is 10.0. The van der Waals surface area contributed by atoms with Crippen LogP contribution in [0.25, 0.3) is 0 Å². The zero-order chi connectivity index (χ0) is 23.8. The molecule has 0 aromatic rings. The highest BCUT2D eigenvalue weighted by molar-refractivity contribution is 4.61. The van der Waals surface area contributed by atoms with Crippen LogP contribution in [0.2, 0.25) is 0 Å². The van der Waals surface area contributed by atoms with Crippen LogP contribution < -0.4 is 10.6 Å². The maximum atomic E-state index is 10.3. The van der Waals surface area contributed by atoms with E-state index in [1.807, 2.05) is 0 Å². The van der Waals surface area contributed by atoms with E-state index in [1.165, 1.54) is 96.3 Å². The van der Waals surface area contributed by atoms with Crippen molar-refractivity contribution in [3.63, 3.8) is 0 Å². The highest BCUT2D eigenvalue weighted by Gasteiger charge is 2.24. The summed E-state index contributed by atoms with van der Waals surface area (Å²) < 4.78 is 1.01. The van der Waals surface area contributed by atoms with Gasteiger partial charge in [-0.1, -0.05) is 96.8 Å². The SMILES string of the molecule is CCCCCCCCCCCCCCCCCNCCNCC(O)C[N+](CC)(CC)CC. The lowest BCUT2D eigenvalue weighted by Gasteiger charge is -2.37. The van der Waals surface area contributed by atoms with Gasteiger partial charge in [-0.3, -0.25) is 0 Å². The molecule has 0 bridgehead atoms. The molecule has 0 aliphatic carbocycles. The number of rotatable bonds is 26. The largest absolute Gasteiger partial charge is 0.386 e. The van der Waals surface area contributed by atoms with Gasteiger partial charge in [0, 0.05) is 19.6 Å². The van der Waals surface area contributed by atoms with Gasteiger partial charge in [0.05, 0.1) is 19.6 Å². The Balaban J connectivity index is 3.27. The molecule has 0 saturated heterocycles. The molecule has 32 heavy (non-hydrogen) atoms. The molecule has 0 saturated carbocycles. The smallest absolute Gasteiger partial charge is 0.115 e. The standard InChI is InChI=1S/C28H62N3O/c1-5-9-10-11-12-13-14-15-16-17-18-19-20-21-22-23-29-24-25-30-26-28(32)27-31(6-2,7-3)8-4/h28-30,32H,5-27H2,1-4H3/q+1. The summed E-state index contributed by atoms with van der Waals surface area (Å²) in [5, 5.41) is 17.3. The molecule has 1 atom stereocenters. The maximum Gasteiger partial charge on any atom is 0.115 e. The first kappa shape index (κ1) is 31.8. The summed E-state index contributed by atoms with van der Waals surface area (Å²) in [6.45, 7) is 16.9. The molecule has 0 aliphatic rings. The van der Waals surface area contributed by atoms with Gasteiger partial charge in [-0.2, -0.15) is 0 Å². The lowest BCUT2D eigenvalue weighted by Crippen LogP contribution is -2.53. The van der Waals surface area contributed by atoms with Crippen LogP contribution in [0.5, 0.6) is 0 Å². The summed E-state index contributed by atoms with van der Waals surface area (Å²) in [7, 11) is 0. The first-order valence-electron chi connectivity index (χ1n) is 14.6. The van der Waals surface area contributed by atoms with E-state index in [1.54, 1.807) is 0 Å². The minimum absolute atomic E-state index is 0.245. The zero-order valence-corrected chi connectivity index (χ0v) is 22.7. The number of hydrogen-bond donors (Lipinski definition) is 3. The summed E-state index contributed by atoms with van der Waals surface area (Å²) in [4.78, 5) is 0. The van der Waals surface area contributed by atoms with Crippen molar-refractivity contribution in [2.75, 3.05) is 52.4 Å². The molecular formula is C28H62N3O+. The third kappa shape index (κ3) is 19.3. The van der Waals surface area contributed by atoms with Crippen LogP contribution in [0.15, 0.2) is 0 Å². The van der Waals surface area contributed by atoms with Crippen LogP contribution in [-0.4, -0.2) is 68.1 Å². The Morgan fingerprint density at radius 2 is 0.938 bits per heavy atom. The first-order valence-corrected chi connectivity index (χ1v) is 14.6. The van der Waals surface area contributed by atoms with Gasteiger partial charge in [0.2, 0.25) is 0 Å². The fraction of sp³-hybridized carbons (Fsp3) is 1.00. The molecule has 0 radical (unpaired) electrons. The van der Waals surface area contributed by atoms with Crippen LogP contribution in [-0.2, 0) is 0 Å². The molecule has 3 N–H and O–H groups in total. The number of nitrogens with one attached hydrogen (secondary N) is 2. The summed E-state index contributed by atoms with van der Waals surface area (Å²) >= 11 is 0. The minimum Gasteiger partial charge on any atom is -0.386 e. The van der Waals surface area contributed by atoms with E-state index in [0.29, 0.717) is 6.54 Å². The average molecular weight is 457 g/mol. The molecule has 4 heteroatoms.